The highest BCUT2D eigenvalue weighted by molar-refractivity contribution is 6.31. The van der Waals surface area contributed by atoms with Gasteiger partial charge in [0.05, 0.1) is 28.3 Å². The van der Waals surface area contributed by atoms with E-state index in [1.54, 1.807) is 16.8 Å². The summed E-state index contributed by atoms with van der Waals surface area (Å²) in [5, 5.41) is 13.0. The lowest BCUT2D eigenvalue weighted by atomic mass is 9.97. The normalized spacial score (nSPS) is 14.1. The molecule has 0 unspecified atom stereocenters. The molecule has 0 spiro atoms. The standard InChI is InChI=1S/C26H30ClN5O5/c1-3-8-32-21-5-4-16(11-18(21)13-22(24(32)34)37-15-23(33)28-2)12-20-19(27)14-29-26(30-20)31-9-6-17(7-10-31)25(35)36/h4-5,11,13-14,17H,3,6-10,12,15H2,1-2H3,(H,28,33)(H,35,36). The van der Waals surface area contributed by atoms with E-state index in [1.165, 1.54) is 7.05 Å². The molecule has 2 N–H and O–H groups in total. The first kappa shape index (κ1) is 26.4. The summed E-state index contributed by atoms with van der Waals surface area (Å²) in [5.74, 6) is -0.771. The van der Waals surface area contributed by atoms with Gasteiger partial charge in [-0.1, -0.05) is 24.6 Å². The maximum atomic E-state index is 13.0. The third kappa shape index (κ3) is 6.02. The lowest BCUT2D eigenvalue weighted by Gasteiger charge is -2.30. The van der Waals surface area contributed by atoms with E-state index in [0.29, 0.717) is 55.6 Å². The lowest BCUT2D eigenvalue weighted by Crippen LogP contribution is -2.37. The number of carboxylic acid groups (broad SMARTS) is 1. The fourth-order valence-electron chi connectivity index (χ4n) is 4.47. The van der Waals surface area contributed by atoms with Crippen molar-refractivity contribution in [3.8, 4) is 5.75 Å². The molecule has 37 heavy (non-hydrogen) atoms. The predicted octanol–water partition coefficient (Wildman–Crippen LogP) is 2.87. The van der Waals surface area contributed by atoms with Gasteiger partial charge in [-0.25, -0.2) is 9.97 Å². The number of halogens is 1. The van der Waals surface area contributed by atoms with Crippen molar-refractivity contribution in [1.29, 1.82) is 0 Å². The average Bonchev–Trinajstić information content (AvgIpc) is 2.90. The van der Waals surface area contributed by atoms with Crippen molar-refractivity contribution in [1.82, 2.24) is 19.9 Å². The van der Waals surface area contributed by atoms with Crippen LogP contribution in [0, 0.1) is 5.92 Å². The molecule has 0 saturated carbocycles. The van der Waals surface area contributed by atoms with Crippen molar-refractivity contribution in [2.24, 2.45) is 5.92 Å². The zero-order valence-corrected chi connectivity index (χ0v) is 21.6. The van der Waals surface area contributed by atoms with E-state index >= 15 is 0 Å². The van der Waals surface area contributed by atoms with Gasteiger partial charge in [-0.2, -0.15) is 0 Å². The number of nitrogens with zero attached hydrogens (tertiary/aromatic N) is 4. The molecular formula is C26H30ClN5O5. The van der Waals surface area contributed by atoms with Crippen LogP contribution >= 0.6 is 11.6 Å². The van der Waals surface area contributed by atoms with Crippen LogP contribution < -0.4 is 20.5 Å². The van der Waals surface area contributed by atoms with E-state index in [0.717, 1.165) is 22.9 Å². The van der Waals surface area contributed by atoms with E-state index < -0.39 is 5.97 Å². The van der Waals surface area contributed by atoms with Gasteiger partial charge in [0.25, 0.3) is 11.5 Å². The van der Waals surface area contributed by atoms with Gasteiger partial charge < -0.3 is 24.6 Å². The molecular weight excluding hydrogens is 498 g/mol. The zero-order valence-electron chi connectivity index (χ0n) is 20.9. The Morgan fingerprint density at radius 2 is 2.00 bits per heavy atom. The summed E-state index contributed by atoms with van der Waals surface area (Å²) in [6, 6.07) is 7.46. The number of carboxylic acids is 1. The van der Waals surface area contributed by atoms with E-state index in [1.807, 2.05) is 30.0 Å². The molecule has 4 rings (SSSR count). The number of piperidine rings is 1. The quantitative estimate of drug-likeness (QED) is 0.435. The summed E-state index contributed by atoms with van der Waals surface area (Å²) < 4.78 is 7.20. The number of likely N-dealkylation sites (N-methyl/N-ethyl adjacent to an activating group) is 1. The predicted molar refractivity (Wildman–Crippen MR) is 140 cm³/mol. The minimum atomic E-state index is -0.764. The van der Waals surface area contributed by atoms with Crippen LogP contribution in [0.25, 0.3) is 10.9 Å². The Morgan fingerprint density at radius 1 is 1.24 bits per heavy atom. The van der Waals surface area contributed by atoms with Crippen LogP contribution in [-0.4, -0.2) is 58.3 Å². The monoisotopic (exact) mass is 527 g/mol. The number of rotatable bonds is 9. The fourth-order valence-corrected chi connectivity index (χ4v) is 4.63. The summed E-state index contributed by atoms with van der Waals surface area (Å²) >= 11 is 6.44. The molecule has 1 amide bonds. The van der Waals surface area contributed by atoms with E-state index in [2.05, 4.69) is 15.3 Å². The first-order valence-corrected chi connectivity index (χ1v) is 12.7. The summed E-state index contributed by atoms with van der Waals surface area (Å²) in [6.45, 7) is 3.41. The Labute approximate surface area is 219 Å². The number of hydrogen-bond acceptors (Lipinski definition) is 7. The number of carbonyl (C=O) groups is 2. The van der Waals surface area contributed by atoms with Crippen molar-refractivity contribution in [2.45, 2.75) is 39.2 Å². The van der Waals surface area contributed by atoms with Gasteiger partial charge in [-0.15, -0.1) is 0 Å². The van der Waals surface area contributed by atoms with E-state index in [4.69, 9.17) is 16.3 Å². The number of carbonyl (C=O) groups excluding carboxylic acids is 1. The highest BCUT2D eigenvalue weighted by Crippen LogP contribution is 2.26. The van der Waals surface area contributed by atoms with Crippen LogP contribution in [0.5, 0.6) is 5.75 Å². The Morgan fingerprint density at radius 3 is 2.68 bits per heavy atom. The van der Waals surface area contributed by atoms with Gasteiger partial charge in [-0.05, 0) is 43.0 Å². The van der Waals surface area contributed by atoms with Gasteiger partial charge in [-0.3, -0.25) is 14.4 Å². The second-order valence-corrected chi connectivity index (χ2v) is 9.47. The molecule has 11 heteroatoms. The third-order valence-electron chi connectivity index (χ3n) is 6.51. The maximum Gasteiger partial charge on any atom is 0.306 e. The number of hydrogen-bond donors (Lipinski definition) is 2. The molecule has 0 aliphatic carbocycles. The topological polar surface area (TPSA) is 127 Å². The maximum absolute atomic E-state index is 13.0. The molecule has 196 valence electrons. The highest BCUT2D eigenvalue weighted by Gasteiger charge is 2.26. The first-order valence-electron chi connectivity index (χ1n) is 12.3. The largest absolute Gasteiger partial charge is 0.481 e. The van der Waals surface area contributed by atoms with Crippen molar-refractivity contribution < 1.29 is 19.4 Å². The second-order valence-electron chi connectivity index (χ2n) is 9.06. The van der Waals surface area contributed by atoms with Gasteiger partial charge in [0.2, 0.25) is 5.95 Å². The molecule has 3 heterocycles. The Bertz CT molecular complexity index is 1370. The van der Waals surface area contributed by atoms with E-state index in [-0.39, 0.29) is 29.7 Å². The van der Waals surface area contributed by atoms with Gasteiger partial charge in [0, 0.05) is 38.5 Å². The number of aromatic nitrogens is 3. The number of fused-ring (bicyclic) bond motifs is 1. The van der Waals surface area contributed by atoms with Crippen LogP contribution in [0.1, 0.15) is 37.4 Å². The molecule has 1 aliphatic rings. The average molecular weight is 528 g/mol. The number of nitrogens with one attached hydrogen (secondary N) is 1. The number of anilines is 1. The summed E-state index contributed by atoms with van der Waals surface area (Å²) in [7, 11) is 1.51. The molecule has 0 radical (unpaired) electrons. The van der Waals surface area contributed by atoms with Crippen molar-refractivity contribution in [3.05, 3.63) is 57.1 Å². The SMILES string of the molecule is CCCn1c(=O)c(OCC(=O)NC)cc2cc(Cc3nc(N4CCC(C(=O)O)CC4)ncc3Cl)ccc21. The molecule has 2 aromatic heterocycles. The van der Waals surface area contributed by atoms with Crippen LogP contribution in [0.2, 0.25) is 5.02 Å². The number of aryl methyl sites for hydroxylation is 1. The highest BCUT2D eigenvalue weighted by atomic mass is 35.5. The molecule has 0 bridgehead atoms. The Hall–Kier alpha value is -3.66. The fraction of sp³-hybridized carbons (Fsp3) is 0.423. The summed E-state index contributed by atoms with van der Waals surface area (Å²) in [6.07, 6.45) is 3.87. The number of pyridine rings is 1. The molecule has 10 nitrogen and oxygen atoms in total. The van der Waals surface area contributed by atoms with E-state index in [9.17, 15) is 19.5 Å². The van der Waals surface area contributed by atoms with Crippen LogP contribution in [0.3, 0.4) is 0 Å². The van der Waals surface area contributed by atoms with Gasteiger partial charge >= 0.3 is 5.97 Å². The third-order valence-corrected chi connectivity index (χ3v) is 6.83. The van der Waals surface area contributed by atoms with Crippen LogP contribution in [0.15, 0.2) is 35.3 Å². The van der Waals surface area contributed by atoms with Gasteiger partial charge in [0.1, 0.15) is 0 Å². The number of amides is 1. The van der Waals surface area contributed by atoms with Crippen LogP contribution in [0.4, 0.5) is 5.95 Å². The number of ether oxygens (including phenoxy) is 1. The Kier molecular flexibility index (Phi) is 8.27. The zero-order chi connectivity index (χ0) is 26.5. The van der Waals surface area contributed by atoms with Crippen molar-refractivity contribution >= 4 is 40.3 Å². The van der Waals surface area contributed by atoms with Crippen molar-refractivity contribution in [2.75, 3.05) is 31.6 Å². The minimum absolute atomic E-state index is 0.119. The molecule has 1 aliphatic heterocycles. The number of aliphatic carboxylic acids is 1. The number of benzene rings is 1. The molecule has 3 aromatic rings. The molecule has 1 aromatic carbocycles. The minimum Gasteiger partial charge on any atom is -0.481 e. The lowest BCUT2D eigenvalue weighted by molar-refractivity contribution is -0.142. The second kappa shape index (κ2) is 11.6. The van der Waals surface area contributed by atoms with Gasteiger partial charge in [0.15, 0.2) is 12.4 Å². The smallest absolute Gasteiger partial charge is 0.306 e. The molecule has 1 fully saturated rings. The molecule has 0 atom stereocenters. The van der Waals surface area contributed by atoms with Crippen LogP contribution in [-0.2, 0) is 22.6 Å². The Balaban J connectivity index is 1.61. The summed E-state index contributed by atoms with van der Waals surface area (Å²) in [5.41, 5.74) is 2.09. The van der Waals surface area contributed by atoms with Crippen molar-refractivity contribution in [3.63, 3.8) is 0 Å². The first-order chi connectivity index (χ1) is 17.8. The molecule has 1 saturated heterocycles. The summed E-state index contributed by atoms with van der Waals surface area (Å²) in [4.78, 5) is 46.9.